The van der Waals surface area contributed by atoms with E-state index in [9.17, 15) is 4.79 Å². The van der Waals surface area contributed by atoms with Gasteiger partial charge in [-0.25, -0.2) is 0 Å². The Morgan fingerprint density at radius 2 is 2.17 bits per heavy atom. The highest BCUT2D eigenvalue weighted by Gasteiger charge is 2.00. The fourth-order valence-electron chi connectivity index (χ4n) is 1.56. The first kappa shape index (κ1) is 14.5. The van der Waals surface area contributed by atoms with Crippen LogP contribution in [-0.4, -0.2) is 25.6 Å². The number of hydrogen-bond donors (Lipinski definition) is 2. The molecule has 0 unspecified atom stereocenters. The Hall–Kier alpha value is -1.55. The van der Waals surface area contributed by atoms with E-state index in [1.165, 1.54) is 0 Å². The average molecular weight is 250 g/mol. The molecule has 0 aliphatic rings. The van der Waals surface area contributed by atoms with Gasteiger partial charge in [-0.05, 0) is 31.0 Å². The first-order valence-electron chi connectivity index (χ1n) is 6.45. The van der Waals surface area contributed by atoms with Gasteiger partial charge in [0.05, 0.1) is 13.2 Å². The Morgan fingerprint density at radius 3 is 2.89 bits per heavy atom. The lowest BCUT2D eigenvalue weighted by molar-refractivity contribution is -0.120. The lowest BCUT2D eigenvalue weighted by Crippen LogP contribution is -2.33. The Morgan fingerprint density at radius 1 is 1.33 bits per heavy atom. The minimum absolute atomic E-state index is 0.0396. The standard InChI is InChI=1S/C14H22N2O2/c1-3-8-16-14(17)11-15-10-12-6-5-7-13(9-12)18-4-2/h5-7,9,15H,3-4,8,10-11H2,1-2H3,(H,16,17). The number of hydrogen-bond acceptors (Lipinski definition) is 3. The molecule has 1 amide bonds. The molecule has 0 atom stereocenters. The van der Waals surface area contributed by atoms with Gasteiger partial charge in [-0.15, -0.1) is 0 Å². The molecule has 0 spiro atoms. The van der Waals surface area contributed by atoms with E-state index < -0.39 is 0 Å². The van der Waals surface area contributed by atoms with Crippen molar-refractivity contribution in [1.29, 1.82) is 0 Å². The highest BCUT2D eigenvalue weighted by Crippen LogP contribution is 2.12. The average Bonchev–Trinajstić information content (AvgIpc) is 2.37. The molecular formula is C14H22N2O2. The number of carbonyl (C=O) groups excluding carboxylic acids is 1. The molecule has 0 saturated carbocycles. The van der Waals surface area contributed by atoms with Crippen LogP contribution in [0, 0.1) is 0 Å². The van der Waals surface area contributed by atoms with Crippen LogP contribution in [0.4, 0.5) is 0 Å². The number of ether oxygens (including phenoxy) is 1. The van der Waals surface area contributed by atoms with E-state index >= 15 is 0 Å². The van der Waals surface area contributed by atoms with Gasteiger partial charge in [0.2, 0.25) is 5.91 Å². The van der Waals surface area contributed by atoms with Crippen molar-refractivity contribution in [1.82, 2.24) is 10.6 Å². The maximum atomic E-state index is 11.4. The first-order valence-corrected chi connectivity index (χ1v) is 6.45. The van der Waals surface area contributed by atoms with E-state index in [4.69, 9.17) is 4.74 Å². The summed E-state index contributed by atoms with van der Waals surface area (Å²) in [7, 11) is 0. The molecule has 0 aliphatic heterocycles. The van der Waals surface area contributed by atoms with Crippen molar-refractivity contribution in [3.05, 3.63) is 29.8 Å². The Balaban J connectivity index is 2.30. The predicted octanol–water partition coefficient (Wildman–Crippen LogP) is 1.70. The summed E-state index contributed by atoms with van der Waals surface area (Å²) in [4.78, 5) is 11.4. The monoisotopic (exact) mass is 250 g/mol. The molecule has 4 heteroatoms. The molecule has 2 N–H and O–H groups in total. The van der Waals surface area contributed by atoms with Gasteiger partial charge in [0, 0.05) is 13.1 Å². The van der Waals surface area contributed by atoms with Crippen LogP contribution in [0.5, 0.6) is 5.75 Å². The van der Waals surface area contributed by atoms with Crippen LogP contribution in [0.3, 0.4) is 0 Å². The Kier molecular flexibility index (Phi) is 6.87. The molecule has 1 aromatic rings. The summed E-state index contributed by atoms with van der Waals surface area (Å²) in [6.45, 7) is 6.41. The van der Waals surface area contributed by atoms with Crippen LogP contribution in [0.2, 0.25) is 0 Å². The second kappa shape index (κ2) is 8.53. The molecule has 1 rings (SSSR count). The number of carbonyl (C=O) groups is 1. The normalized spacial score (nSPS) is 10.1. The molecule has 0 heterocycles. The van der Waals surface area contributed by atoms with Gasteiger partial charge in [-0.3, -0.25) is 4.79 Å². The number of amides is 1. The molecule has 0 aromatic heterocycles. The molecule has 0 fully saturated rings. The van der Waals surface area contributed by atoms with Crippen LogP contribution in [0.15, 0.2) is 24.3 Å². The molecular weight excluding hydrogens is 228 g/mol. The topological polar surface area (TPSA) is 50.4 Å². The van der Waals surface area contributed by atoms with Gasteiger partial charge >= 0.3 is 0 Å². The van der Waals surface area contributed by atoms with Crippen molar-refractivity contribution in [2.45, 2.75) is 26.8 Å². The van der Waals surface area contributed by atoms with Crippen molar-refractivity contribution < 1.29 is 9.53 Å². The largest absolute Gasteiger partial charge is 0.494 e. The quantitative estimate of drug-likeness (QED) is 0.738. The van der Waals surface area contributed by atoms with E-state index in [0.29, 0.717) is 19.7 Å². The summed E-state index contributed by atoms with van der Waals surface area (Å²) < 4.78 is 5.42. The van der Waals surface area contributed by atoms with Gasteiger partial charge < -0.3 is 15.4 Å². The summed E-state index contributed by atoms with van der Waals surface area (Å²) in [5.74, 6) is 0.907. The summed E-state index contributed by atoms with van der Waals surface area (Å²) in [6, 6.07) is 7.89. The highest BCUT2D eigenvalue weighted by molar-refractivity contribution is 5.77. The molecule has 0 aliphatic carbocycles. The van der Waals surface area contributed by atoms with E-state index in [-0.39, 0.29) is 5.91 Å². The Bertz CT molecular complexity index is 367. The van der Waals surface area contributed by atoms with Crippen molar-refractivity contribution in [3.63, 3.8) is 0 Å². The zero-order valence-electron chi connectivity index (χ0n) is 11.2. The van der Waals surface area contributed by atoms with Crippen LogP contribution < -0.4 is 15.4 Å². The zero-order valence-corrected chi connectivity index (χ0v) is 11.2. The minimum atomic E-state index is 0.0396. The molecule has 18 heavy (non-hydrogen) atoms. The molecule has 0 bridgehead atoms. The second-order valence-corrected chi connectivity index (χ2v) is 4.03. The summed E-state index contributed by atoms with van der Waals surface area (Å²) in [6.07, 6.45) is 0.960. The summed E-state index contributed by atoms with van der Waals surface area (Å²) in [5.41, 5.74) is 1.12. The maximum absolute atomic E-state index is 11.4. The van der Waals surface area contributed by atoms with Crippen LogP contribution >= 0.6 is 0 Å². The molecule has 0 saturated heterocycles. The third-order valence-electron chi connectivity index (χ3n) is 2.40. The van der Waals surface area contributed by atoms with Crippen LogP contribution in [0.1, 0.15) is 25.8 Å². The van der Waals surface area contributed by atoms with Gasteiger partial charge in [0.1, 0.15) is 5.75 Å². The third kappa shape index (κ3) is 5.68. The lowest BCUT2D eigenvalue weighted by atomic mass is 10.2. The van der Waals surface area contributed by atoms with Crippen LogP contribution in [-0.2, 0) is 11.3 Å². The fraction of sp³-hybridized carbons (Fsp3) is 0.500. The van der Waals surface area contributed by atoms with E-state index in [0.717, 1.165) is 24.3 Å². The zero-order chi connectivity index (χ0) is 13.2. The fourth-order valence-corrected chi connectivity index (χ4v) is 1.56. The van der Waals surface area contributed by atoms with E-state index in [1.54, 1.807) is 0 Å². The molecule has 0 radical (unpaired) electrons. The lowest BCUT2D eigenvalue weighted by Gasteiger charge is -2.08. The van der Waals surface area contributed by atoms with Gasteiger partial charge in [-0.2, -0.15) is 0 Å². The van der Waals surface area contributed by atoms with Crippen molar-refractivity contribution in [2.75, 3.05) is 19.7 Å². The molecule has 4 nitrogen and oxygen atoms in total. The minimum Gasteiger partial charge on any atom is -0.494 e. The summed E-state index contributed by atoms with van der Waals surface area (Å²) >= 11 is 0. The van der Waals surface area contributed by atoms with E-state index in [2.05, 4.69) is 10.6 Å². The highest BCUT2D eigenvalue weighted by atomic mass is 16.5. The van der Waals surface area contributed by atoms with Crippen molar-refractivity contribution >= 4 is 5.91 Å². The van der Waals surface area contributed by atoms with Gasteiger partial charge in [-0.1, -0.05) is 19.1 Å². The SMILES string of the molecule is CCCNC(=O)CNCc1cccc(OCC)c1. The number of rotatable bonds is 8. The van der Waals surface area contributed by atoms with Crippen molar-refractivity contribution in [2.24, 2.45) is 0 Å². The molecule has 1 aromatic carbocycles. The number of benzene rings is 1. The smallest absolute Gasteiger partial charge is 0.233 e. The first-order chi connectivity index (χ1) is 8.76. The predicted molar refractivity (Wildman–Crippen MR) is 72.6 cm³/mol. The van der Waals surface area contributed by atoms with Crippen LogP contribution in [0.25, 0.3) is 0 Å². The maximum Gasteiger partial charge on any atom is 0.233 e. The second-order valence-electron chi connectivity index (χ2n) is 4.03. The van der Waals surface area contributed by atoms with E-state index in [1.807, 2.05) is 38.1 Å². The number of nitrogens with one attached hydrogen (secondary N) is 2. The van der Waals surface area contributed by atoms with Crippen molar-refractivity contribution in [3.8, 4) is 5.75 Å². The van der Waals surface area contributed by atoms with Gasteiger partial charge in [0.15, 0.2) is 0 Å². The third-order valence-corrected chi connectivity index (χ3v) is 2.40. The molecule has 100 valence electrons. The Labute approximate surface area is 109 Å². The summed E-state index contributed by atoms with van der Waals surface area (Å²) in [5, 5.41) is 5.94. The van der Waals surface area contributed by atoms with Gasteiger partial charge in [0.25, 0.3) is 0 Å².